The normalized spacial score (nSPS) is 22.0. The van der Waals surface area contributed by atoms with Gasteiger partial charge in [0.15, 0.2) is 5.65 Å². The van der Waals surface area contributed by atoms with Gasteiger partial charge in [0.05, 0.1) is 11.7 Å². The van der Waals surface area contributed by atoms with Gasteiger partial charge >= 0.3 is 0 Å². The number of hydrogen-bond donors (Lipinski definition) is 0. The number of aromatic nitrogens is 3. The molecule has 2 aromatic rings. The SMILES string of the molecule is Cc1cn2nc([C@@H]3CCCCN3C=O)cc2nc1N1CCCC1. The summed E-state index contributed by atoms with van der Waals surface area (Å²) < 4.78 is 1.86. The summed E-state index contributed by atoms with van der Waals surface area (Å²) in [7, 11) is 0. The van der Waals surface area contributed by atoms with Crippen LogP contribution in [0.25, 0.3) is 5.65 Å². The number of nitrogens with zero attached hydrogens (tertiary/aromatic N) is 5. The van der Waals surface area contributed by atoms with Crippen LogP contribution in [0.5, 0.6) is 0 Å². The fourth-order valence-corrected chi connectivity index (χ4v) is 3.83. The Labute approximate surface area is 136 Å². The number of aryl methyl sites for hydroxylation is 1. The minimum atomic E-state index is 0.0958. The second kappa shape index (κ2) is 5.83. The number of anilines is 1. The largest absolute Gasteiger partial charge is 0.356 e. The van der Waals surface area contributed by atoms with Gasteiger partial charge in [-0.3, -0.25) is 4.79 Å². The second-order valence-corrected chi connectivity index (χ2v) is 6.67. The lowest BCUT2D eigenvalue weighted by atomic mass is 10.0. The van der Waals surface area contributed by atoms with Crippen LogP contribution in [0.15, 0.2) is 12.3 Å². The van der Waals surface area contributed by atoms with E-state index in [-0.39, 0.29) is 6.04 Å². The second-order valence-electron chi connectivity index (χ2n) is 6.67. The van der Waals surface area contributed by atoms with Crippen molar-refractivity contribution >= 4 is 17.9 Å². The van der Waals surface area contributed by atoms with E-state index in [0.717, 1.165) is 68.0 Å². The van der Waals surface area contributed by atoms with Gasteiger partial charge < -0.3 is 9.80 Å². The number of carbonyl (C=O) groups excluding carboxylic acids is 1. The van der Waals surface area contributed by atoms with Gasteiger partial charge in [0.1, 0.15) is 5.82 Å². The van der Waals surface area contributed by atoms with Crippen LogP contribution in [-0.4, -0.2) is 45.5 Å². The molecule has 2 aromatic heterocycles. The van der Waals surface area contributed by atoms with Crippen LogP contribution in [-0.2, 0) is 4.79 Å². The van der Waals surface area contributed by atoms with Gasteiger partial charge in [-0.05, 0) is 39.0 Å². The van der Waals surface area contributed by atoms with Gasteiger partial charge in [-0.25, -0.2) is 9.50 Å². The van der Waals surface area contributed by atoms with Crippen LogP contribution < -0.4 is 4.90 Å². The molecule has 0 aromatic carbocycles. The Kier molecular flexibility index (Phi) is 3.67. The molecule has 0 bridgehead atoms. The number of carbonyl (C=O) groups is 1. The fourth-order valence-electron chi connectivity index (χ4n) is 3.83. The third-order valence-electron chi connectivity index (χ3n) is 5.05. The van der Waals surface area contributed by atoms with E-state index in [1.54, 1.807) is 0 Å². The molecule has 0 radical (unpaired) electrons. The van der Waals surface area contributed by atoms with Crippen molar-refractivity contribution < 1.29 is 4.79 Å². The summed E-state index contributed by atoms with van der Waals surface area (Å²) in [6, 6.07) is 2.14. The van der Waals surface area contributed by atoms with Crippen LogP contribution in [0, 0.1) is 6.92 Å². The number of fused-ring (bicyclic) bond motifs is 1. The van der Waals surface area contributed by atoms with Crippen LogP contribution in [0.1, 0.15) is 49.4 Å². The molecule has 0 N–H and O–H groups in total. The maximum Gasteiger partial charge on any atom is 0.210 e. The molecule has 0 unspecified atom stereocenters. The summed E-state index contributed by atoms with van der Waals surface area (Å²) in [5.74, 6) is 1.08. The number of amides is 1. The van der Waals surface area contributed by atoms with Crippen LogP contribution in [0.2, 0.25) is 0 Å². The molecule has 6 nitrogen and oxygen atoms in total. The average Bonchev–Trinajstić information content (AvgIpc) is 3.23. The van der Waals surface area contributed by atoms with Crippen molar-refractivity contribution in [2.45, 2.75) is 45.1 Å². The van der Waals surface area contributed by atoms with Crippen molar-refractivity contribution in [3.05, 3.63) is 23.5 Å². The topological polar surface area (TPSA) is 53.7 Å². The minimum absolute atomic E-state index is 0.0958. The molecule has 122 valence electrons. The molecule has 2 fully saturated rings. The van der Waals surface area contributed by atoms with E-state index in [9.17, 15) is 4.79 Å². The molecule has 4 rings (SSSR count). The highest BCUT2D eigenvalue weighted by Gasteiger charge is 2.25. The smallest absolute Gasteiger partial charge is 0.210 e. The van der Waals surface area contributed by atoms with E-state index in [4.69, 9.17) is 10.1 Å². The maximum absolute atomic E-state index is 11.3. The Morgan fingerprint density at radius 2 is 1.96 bits per heavy atom. The molecule has 1 amide bonds. The zero-order valence-corrected chi connectivity index (χ0v) is 13.6. The summed E-state index contributed by atoms with van der Waals surface area (Å²) >= 11 is 0. The van der Waals surface area contributed by atoms with E-state index < -0.39 is 0 Å². The molecule has 0 spiro atoms. The van der Waals surface area contributed by atoms with Crippen LogP contribution in [0.4, 0.5) is 5.82 Å². The van der Waals surface area contributed by atoms with Crippen LogP contribution >= 0.6 is 0 Å². The molecule has 2 saturated heterocycles. The first kappa shape index (κ1) is 14.5. The van der Waals surface area contributed by atoms with Crippen LogP contribution in [0.3, 0.4) is 0 Å². The van der Waals surface area contributed by atoms with E-state index in [0.29, 0.717) is 0 Å². The Hall–Kier alpha value is -2.11. The first-order valence-electron chi connectivity index (χ1n) is 8.59. The summed E-state index contributed by atoms with van der Waals surface area (Å²) in [4.78, 5) is 20.4. The number of likely N-dealkylation sites (tertiary alicyclic amines) is 1. The van der Waals surface area contributed by atoms with E-state index >= 15 is 0 Å². The Bertz CT molecular complexity index is 719. The fraction of sp³-hybridized carbons (Fsp3) is 0.588. The Morgan fingerprint density at radius 3 is 2.74 bits per heavy atom. The standard InChI is InChI=1S/C17H23N5O/c1-13-11-22-16(18-17(13)20-7-4-5-8-20)10-14(19-22)15-6-2-3-9-21(15)12-23/h10-12,15H,2-9H2,1H3/t15-/m0/s1. The zero-order valence-electron chi connectivity index (χ0n) is 13.6. The third kappa shape index (κ3) is 2.56. The number of rotatable bonds is 3. The molecule has 0 saturated carbocycles. The van der Waals surface area contributed by atoms with Gasteiger partial charge in [0.2, 0.25) is 6.41 Å². The number of hydrogen-bond acceptors (Lipinski definition) is 4. The predicted octanol–water partition coefficient (Wildman–Crippen LogP) is 2.32. The molecule has 23 heavy (non-hydrogen) atoms. The van der Waals surface area contributed by atoms with E-state index in [1.165, 1.54) is 12.8 Å². The third-order valence-corrected chi connectivity index (χ3v) is 5.05. The molecular formula is C17H23N5O. The Morgan fingerprint density at radius 1 is 1.17 bits per heavy atom. The van der Waals surface area contributed by atoms with Crippen molar-refractivity contribution in [2.75, 3.05) is 24.5 Å². The van der Waals surface area contributed by atoms with Gasteiger partial charge in [-0.1, -0.05) is 0 Å². The first-order valence-corrected chi connectivity index (χ1v) is 8.59. The lowest BCUT2D eigenvalue weighted by Crippen LogP contribution is -2.32. The highest BCUT2D eigenvalue weighted by atomic mass is 16.1. The van der Waals surface area contributed by atoms with Crippen molar-refractivity contribution in [2.24, 2.45) is 0 Å². The predicted molar refractivity (Wildman–Crippen MR) is 88.5 cm³/mol. The van der Waals surface area contributed by atoms with E-state index in [2.05, 4.69) is 18.0 Å². The van der Waals surface area contributed by atoms with E-state index in [1.807, 2.05) is 15.5 Å². The maximum atomic E-state index is 11.3. The lowest BCUT2D eigenvalue weighted by molar-refractivity contribution is -0.121. The summed E-state index contributed by atoms with van der Waals surface area (Å²) in [6.45, 7) is 5.10. The van der Waals surface area contributed by atoms with Gasteiger partial charge in [-0.15, -0.1) is 0 Å². The average molecular weight is 313 g/mol. The van der Waals surface area contributed by atoms with Crippen molar-refractivity contribution in [3.8, 4) is 0 Å². The molecule has 4 heterocycles. The monoisotopic (exact) mass is 313 g/mol. The lowest BCUT2D eigenvalue weighted by Gasteiger charge is -2.31. The molecular weight excluding hydrogens is 290 g/mol. The molecule has 6 heteroatoms. The van der Waals surface area contributed by atoms with Crippen molar-refractivity contribution in [1.29, 1.82) is 0 Å². The van der Waals surface area contributed by atoms with Crippen molar-refractivity contribution in [1.82, 2.24) is 19.5 Å². The first-order chi connectivity index (χ1) is 11.3. The van der Waals surface area contributed by atoms with Gasteiger partial charge in [0.25, 0.3) is 0 Å². The Balaban J connectivity index is 1.71. The summed E-state index contributed by atoms with van der Waals surface area (Å²) in [6.07, 6.45) is 8.73. The molecule has 2 aliphatic heterocycles. The minimum Gasteiger partial charge on any atom is -0.356 e. The molecule has 2 aliphatic rings. The number of piperidine rings is 1. The molecule has 1 atom stereocenters. The highest BCUT2D eigenvalue weighted by Crippen LogP contribution is 2.30. The summed E-state index contributed by atoms with van der Waals surface area (Å²) in [5, 5.41) is 4.70. The highest BCUT2D eigenvalue weighted by molar-refractivity contribution is 5.55. The summed E-state index contributed by atoms with van der Waals surface area (Å²) in [5.41, 5.74) is 3.00. The van der Waals surface area contributed by atoms with Gasteiger partial charge in [0, 0.05) is 37.5 Å². The zero-order chi connectivity index (χ0) is 15.8. The van der Waals surface area contributed by atoms with Gasteiger partial charge in [-0.2, -0.15) is 5.10 Å². The van der Waals surface area contributed by atoms with Crippen molar-refractivity contribution in [3.63, 3.8) is 0 Å². The quantitative estimate of drug-likeness (QED) is 0.816. The molecule has 0 aliphatic carbocycles.